The van der Waals surface area contributed by atoms with Crippen LogP contribution >= 0.6 is 15.9 Å². The minimum atomic E-state index is 0.652. The number of benzene rings is 1. The van der Waals surface area contributed by atoms with Crippen molar-refractivity contribution >= 4 is 15.9 Å². The zero-order chi connectivity index (χ0) is 11.5. The summed E-state index contributed by atoms with van der Waals surface area (Å²) in [4.78, 5) is 2.39. The molecule has 1 aliphatic rings. The average Bonchev–Trinajstić information content (AvgIpc) is 2.30. The summed E-state index contributed by atoms with van der Waals surface area (Å²) in [6.07, 6.45) is 2.46. The van der Waals surface area contributed by atoms with Crippen LogP contribution in [0.15, 0.2) is 22.7 Å². The van der Waals surface area contributed by atoms with Gasteiger partial charge in [-0.05, 0) is 56.6 Å². The molecule has 0 unspecified atom stereocenters. The smallest absolute Gasteiger partial charge is 0.123 e. The van der Waals surface area contributed by atoms with E-state index in [0.29, 0.717) is 5.92 Å². The zero-order valence-corrected chi connectivity index (χ0v) is 11.5. The molecule has 1 aromatic carbocycles. The number of halogens is 1. The number of methoxy groups -OCH3 is 1. The van der Waals surface area contributed by atoms with Crippen molar-refractivity contribution in [1.82, 2.24) is 4.90 Å². The van der Waals surface area contributed by atoms with Crippen LogP contribution in [0.3, 0.4) is 0 Å². The fraction of sp³-hybridized carbons (Fsp3) is 0.538. The maximum absolute atomic E-state index is 5.46. The predicted octanol–water partition coefficient (Wildman–Crippen LogP) is 3.27. The van der Waals surface area contributed by atoms with E-state index in [4.69, 9.17) is 4.74 Å². The van der Waals surface area contributed by atoms with Gasteiger partial charge in [0.15, 0.2) is 0 Å². The van der Waals surface area contributed by atoms with E-state index < -0.39 is 0 Å². The van der Waals surface area contributed by atoms with Gasteiger partial charge in [-0.1, -0.05) is 22.0 Å². The van der Waals surface area contributed by atoms with E-state index in [1.165, 1.54) is 31.5 Å². The SMILES string of the molecule is COc1cc(Br)ccc1C1CCN(C)CC1. The molecule has 1 saturated heterocycles. The van der Waals surface area contributed by atoms with Crippen LogP contribution in [0.2, 0.25) is 0 Å². The van der Waals surface area contributed by atoms with Crippen molar-refractivity contribution < 1.29 is 4.74 Å². The third-order valence-electron chi connectivity index (χ3n) is 3.35. The van der Waals surface area contributed by atoms with Crippen LogP contribution < -0.4 is 4.74 Å². The van der Waals surface area contributed by atoms with Gasteiger partial charge in [0.05, 0.1) is 7.11 Å². The number of hydrogen-bond donors (Lipinski definition) is 0. The van der Waals surface area contributed by atoms with Crippen molar-refractivity contribution in [2.75, 3.05) is 27.2 Å². The van der Waals surface area contributed by atoms with Crippen LogP contribution in [0.25, 0.3) is 0 Å². The summed E-state index contributed by atoms with van der Waals surface area (Å²) in [5.41, 5.74) is 1.36. The summed E-state index contributed by atoms with van der Waals surface area (Å²) in [6, 6.07) is 6.36. The summed E-state index contributed by atoms with van der Waals surface area (Å²) < 4.78 is 6.55. The van der Waals surface area contributed by atoms with Gasteiger partial charge in [-0.15, -0.1) is 0 Å². The molecule has 0 atom stereocenters. The second-order valence-corrected chi connectivity index (χ2v) is 5.38. The first-order chi connectivity index (χ1) is 7.70. The lowest BCUT2D eigenvalue weighted by atomic mass is 9.89. The van der Waals surface area contributed by atoms with Gasteiger partial charge < -0.3 is 9.64 Å². The van der Waals surface area contributed by atoms with Crippen molar-refractivity contribution in [2.45, 2.75) is 18.8 Å². The molecular weight excluding hydrogens is 266 g/mol. The summed E-state index contributed by atoms with van der Waals surface area (Å²) in [5, 5.41) is 0. The molecule has 0 aromatic heterocycles. The van der Waals surface area contributed by atoms with Gasteiger partial charge in [0, 0.05) is 4.47 Å². The summed E-state index contributed by atoms with van der Waals surface area (Å²) in [5.74, 6) is 1.67. The molecule has 0 radical (unpaired) electrons. The Labute approximate surface area is 106 Å². The van der Waals surface area contributed by atoms with Crippen molar-refractivity contribution in [3.63, 3.8) is 0 Å². The Morgan fingerprint density at radius 1 is 1.31 bits per heavy atom. The highest BCUT2D eigenvalue weighted by atomic mass is 79.9. The summed E-state index contributed by atoms with van der Waals surface area (Å²) in [7, 11) is 3.94. The van der Waals surface area contributed by atoms with Crippen LogP contribution in [0.4, 0.5) is 0 Å². The summed E-state index contributed by atoms with van der Waals surface area (Å²) >= 11 is 3.48. The lowest BCUT2D eigenvalue weighted by molar-refractivity contribution is 0.252. The molecule has 0 saturated carbocycles. The third-order valence-corrected chi connectivity index (χ3v) is 3.85. The quantitative estimate of drug-likeness (QED) is 0.826. The minimum absolute atomic E-state index is 0.652. The van der Waals surface area contributed by atoms with Crippen LogP contribution in [0, 0.1) is 0 Å². The number of ether oxygens (including phenoxy) is 1. The van der Waals surface area contributed by atoms with E-state index in [0.717, 1.165) is 10.2 Å². The molecule has 0 spiro atoms. The van der Waals surface area contributed by atoms with E-state index in [9.17, 15) is 0 Å². The van der Waals surface area contributed by atoms with Gasteiger partial charge in [-0.3, -0.25) is 0 Å². The fourth-order valence-electron chi connectivity index (χ4n) is 2.34. The number of likely N-dealkylation sites (tertiary alicyclic amines) is 1. The van der Waals surface area contributed by atoms with Crippen LogP contribution in [0.1, 0.15) is 24.3 Å². The molecular formula is C13H18BrNO. The van der Waals surface area contributed by atoms with Crippen molar-refractivity contribution in [2.24, 2.45) is 0 Å². The summed E-state index contributed by atoms with van der Waals surface area (Å²) in [6.45, 7) is 2.37. The molecule has 1 aromatic rings. The molecule has 3 heteroatoms. The van der Waals surface area contributed by atoms with Gasteiger partial charge >= 0.3 is 0 Å². The van der Waals surface area contributed by atoms with Gasteiger partial charge in [0.25, 0.3) is 0 Å². The molecule has 2 rings (SSSR count). The molecule has 2 nitrogen and oxygen atoms in total. The standard InChI is InChI=1S/C13H18BrNO/c1-15-7-5-10(6-8-15)12-4-3-11(14)9-13(12)16-2/h3-4,9-10H,5-8H2,1-2H3. The van der Waals surface area contributed by atoms with Crippen molar-refractivity contribution in [3.8, 4) is 5.75 Å². The maximum Gasteiger partial charge on any atom is 0.123 e. The predicted molar refractivity (Wildman–Crippen MR) is 70.2 cm³/mol. The fourth-order valence-corrected chi connectivity index (χ4v) is 2.68. The van der Waals surface area contributed by atoms with Gasteiger partial charge in [-0.25, -0.2) is 0 Å². The lowest BCUT2D eigenvalue weighted by Gasteiger charge is -2.30. The Balaban J connectivity index is 2.19. The minimum Gasteiger partial charge on any atom is -0.496 e. The molecule has 88 valence electrons. The van der Waals surface area contributed by atoms with Crippen molar-refractivity contribution in [1.29, 1.82) is 0 Å². The van der Waals surface area contributed by atoms with E-state index in [2.05, 4.69) is 46.1 Å². The van der Waals surface area contributed by atoms with Gasteiger partial charge in [-0.2, -0.15) is 0 Å². The largest absolute Gasteiger partial charge is 0.496 e. The lowest BCUT2D eigenvalue weighted by Crippen LogP contribution is -2.29. The highest BCUT2D eigenvalue weighted by Gasteiger charge is 2.21. The Bertz CT molecular complexity index is 359. The second-order valence-electron chi connectivity index (χ2n) is 4.46. The Hall–Kier alpha value is -0.540. The molecule has 0 aliphatic carbocycles. The van der Waals surface area contributed by atoms with Gasteiger partial charge in [0.2, 0.25) is 0 Å². The second kappa shape index (κ2) is 5.19. The first-order valence-electron chi connectivity index (χ1n) is 5.72. The van der Waals surface area contributed by atoms with Crippen LogP contribution in [-0.2, 0) is 0 Å². The van der Waals surface area contributed by atoms with E-state index in [-0.39, 0.29) is 0 Å². The van der Waals surface area contributed by atoms with Crippen LogP contribution in [-0.4, -0.2) is 32.1 Å². The number of piperidine rings is 1. The third kappa shape index (κ3) is 2.58. The first-order valence-corrected chi connectivity index (χ1v) is 6.52. The Morgan fingerprint density at radius 2 is 2.00 bits per heavy atom. The van der Waals surface area contributed by atoms with E-state index in [1.54, 1.807) is 7.11 Å². The highest BCUT2D eigenvalue weighted by molar-refractivity contribution is 9.10. The first kappa shape index (κ1) is 11.9. The molecule has 1 heterocycles. The maximum atomic E-state index is 5.46. The Morgan fingerprint density at radius 3 is 2.62 bits per heavy atom. The van der Waals surface area contributed by atoms with Crippen molar-refractivity contribution in [3.05, 3.63) is 28.2 Å². The van der Waals surface area contributed by atoms with E-state index in [1.807, 2.05) is 0 Å². The number of nitrogens with zero attached hydrogens (tertiary/aromatic N) is 1. The topological polar surface area (TPSA) is 12.5 Å². The molecule has 0 bridgehead atoms. The highest BCUT2D eigenvalue weighted by Crippen LogP contribution is 2.35. The average molecular weight is 284 g/mol. The molecule has 16 heavy (non-hydrogen) atoms. The number of rotatable bonds is 2. The van der Waals surface area contributed by atoms with Gasteiger partial charge in [0.1, 0.15) is 5.75 Å². The van der Waals surface area contributed by atoms with E-state index >= 15 is 0 Å². The molecule has 1 fully saturated rings. The zero-order valence-electron chi connectivity index (χ0n) is 9.87. The molecule has 1 aliphatic heterocycles. The molecule has 0 N–H and O–H groups in total. The van der Waals surface area contributed by atoms with Crippen LogP contribution in [0.5, 0.6) is 5.75 Å². The monoisotopic (exact) mass is 283 g/mol. The normalized spacial score (nSPS) is 18.7. The Kier molecular flexibility index (Phi) is 3.87. The molecule has 0 amide bonds. The number of hydrogen-bond acceptors (Lipinski definition) is 2.